The van der Waals surface area contributed by atoms with Crippen LogP contribution in [0.15, 0.2) is 24.3 Å². The molecule has 0 saturated carbocycles. The molecule has 1 nitrogen and oxygen atoms in total. The number of benzene rings is 1. The highest BCUT2D eigenvalue weighted by molar-refractivity contribution is 9.07. The van der Waals surface area contributed by atoms with Crippen molar-refractivity contribution in [3.05, 3.63) is 24.3 Å². The van der Waals surface area contributed by atoms with Crippen molar-refractivity contribution in [2.75, 3.05) is 7.11 Å². The summed E-state index contributed by atoms with van der Waals surface area (Å²) < 4.78 is 5.07. The van der Waals surface area contributed by atoms with Gasteiger partial charge in [-0.1, -0.05) is 11.0 Å². The zero-order valence-corrected chi connectivity index (χ0v) is 11.5. The summed E-state index contributed by atoms with van der Waals surface area (Å²) in [5, 5.41) is 1.26. The Morgan fingerprint density at radius 2 is 2.00 bits per heavy atom. The quantitative estimate of drug-likeness (QED) is 0.636. The molecule has 0 aliphatic carbocycles. The van der Waals surface area contributed by atoms with E-state index in [2.05, 4.69) is 36.6 Å². The predicted molar refractivity (Wildman–Crippen MR) is 73.4 cm³/mol. The molecule has 0 aromatic heterocycles. The van der Waals surface area contributed by atoms with Gasteiger partial charge in [0.15, 0.2) is 0 Å². The molecular formula is C7H10OP2S3. The molecule has 0 heterocycles. The Kier molecular flexibility index (Phi) is 5.93. The second-order valence-corrected chi connectivity index (χ2v) is 11.1. The molecule has 1 aromatic carbocycles. The van der Waals surface area contributed by atoms with Gasteiger partial charge in [0.1, 0.15) is 5.75 Å². The Morgan fingerprint density at radius 3 is 2.46 bits per heavy atom. The maximum absolute atomic E-state index is 5.07. The summed E-state index contributed by atoms with van der Waals surface area (Å²) >= 11 is 10.5. The van der Waals surface area contributed by atoms with Crippen molar-refractivity contribution < 1.29 is 4.74 Å². The van der Waals surface area contributed by atoms with E-state index in [1.54, 1.807) is 18.1 Å². The minimum absolute atomic E-state index is 0.402. The Balaban J connectivity index is 2.67. The molecule has 0 saturated heterocycles. The van der Waals surface area contributed by atoms with Gasteiger partial charge in [0.25, 0.3) is 0 Å². The van der Waals surface area contributed by atoms with E-state index in [0.29, 0.717) is 6.98 Å². The van der Waals surface area contributed by atoms with Crippen molar-refractivity contribution in [3.63, 3.8) is 0 Å². The first kappa shape index (κ1) is 12.0. The fraction of sp³-hybridized carbons (Fsp3) is 0.143. The smallest absolute Gasteiger partial charge is 0.118 e. The van der Waals surface area contributed by atoms with Crippen molar-refractivity contribution in [3.8, 4) is 5.75 Å². The molecule has 0 spiro atoms. The zero-order valence-electron chi connectivity index (χ0n) is 6.97. The topological polar surface area (TPSA) is 9.23 Å². The van der Waals surface area contributed by atoms with Crippen molar-refractivity contribution in [1.82, 2.24) is 0 Å². The largest absolute Gasteiger partial charge is 0.497 e. The first-order valence-electron chi connectivity index (χ1n) is 3.47. The van der Waals surface area contributed by atoms with Gasteiger partial charge in [-0.05, 0) is 29.6 Å². The highest BCUT2D eigenvalue weighted by Gasteiger charge is 2.05. The van der Waals surface area contributed by atoms with Crippen LogP contribution in [0.3, 0.4) is 0 Å². The van der Waals surface area contributed by atoms with Gasteiger partial charge in [0, 0.05) is 13.3 Å². The van der Waals surface area contributed by atoms with Gasteiger partial charge in [-0.15, -0.1) is 24.5 Å². The highest BCUT2D eigenvalue weighted by Crippen LogP contribution is 2.62. The van der Waals surface area contributed by atoms with Crippen LogP contribution in [-0.4, -0.2) is 7.11 Å². The van der Waals surface area contributed by atoms with Crippen LogP contribution in [0.25, 0.3) is 0 Å². The van der Waals surface area contributed by atoms with Crippen molar-refractivity contribution in [2.45, 2.75) is 0 Å². The second-order valence-electron chi connectivity index (χ2n) is 2.15. The number of methoxy groups -OCH3 is 1. The molecule has 2 unspecified atom stereocenters. The normalized spacial score (nSPS) is 13.5. The zero-order chi connectivity index (χ0) is 9.68. The van der Waals surface area contributed by atoms with Gasteiger partial charge in [-0.25, -0.2) is 0 Å². The van der Waals surface area contributed by atoms with E-state index >= 15 is 0 Å². The number of thiol groups is 2. The van der Waals surface area contributed by atoms with Gasteiger partial charge in [-0.3, -0.25) is 0 Å². The monoisotopic (exact) mass is 268 g/mol. The van der Waals surface area contributed by atoms with E-state index in [9.17, 15) is 0 Å². The summed E-state index contributed by atoms with van der Waals surface area (Å²) in [6, 6.07) is 8.03. The third-order valence-electron chi connectivity index (χ3n) is 1.42. The maximum atomic E-state index is 5.07. The fourth-order valence-electron chi connectivity index (χ4n) is 0.801. The lowest BCUT2D eigenvalue weighted by Crippen LogP contribution is -1.94. The third-order valence-corrected chi connectivity index (χ3v) is 11.2. The van der Waals surface area contributed by atoms with Crippen LogP contribution in [0.4, 0.5) is 0 Å². The molecule has 1 rings (SSSR count). The number of hydrogen-bond acceptors (Lipinski definition) is 4. The maximum Gasteiger partial charge on any atom is 0.118 e. The molecule has 0 aliphatic rings. The minimum atomic E-state index is -0.402. The van der Waals surface area contributed by atoms with Crippen molar-refractivity contribution in [2.24, 2.45) is 0 Å². The standard InChI is InChI=1S/C7H10OP2S3/c1-8-6-2-4-7(5-3-6)10(12)13-9-11/h2-5,9,11-12H,1H3. The van der Waals surface area contributed by atoms with Crippen LogP contribution in [0.5, 0.6) is 5.75 Å². The lowest BCUT2D eigenvalue weighted by molar-refractivity contribution is 0.415. The third kappa shape index (κ3) is 3.89. The molecule has 72 valence electrons. The van der Waals surface area contributed by atoms with Crippen LogP contribution < -0.4 is 10.0 Å². The number of hydrogen-bond donors (Lipinski definition) is 2. The molecule has 0 fully saturated rings. The Morgan fingerprint density at radius 1 is 1.38 bits per heavy atom. The molecule has 2 atom stereocenters. The molecule has 6 heteroatoms. The Bertz CT molecular complexity index is 254. The summed E-state index contributed by atoms with van der Waals surface area (Å²) in [5.41, 5.74) is 0. The van der Waals surface area contributed by atoms with E-state index in [1.165, 1.54) is 5.30 Å². The van der Waals surface area contributed by atoms with Gasteiger partial charge in [0.05, 0.1) is 7.11 Å². The average molecular weight is 268 g/mol. The summed E-state index contributed by atoms with van der Waals surface area (Å²) in [4.78, 5) is 0. The van der Waals surface area contributed by atoms with Crippen molar-refractivity contribution >= 4 is 54.1 Å². The van der Waals surface area contributed by atoms with Crippen LogP contribution in [0, 0.1) is 0 Å². The van der Waals surface area contributed by atoms with Gasteiger partial charge in [-0.2, -0.15) is 0 Å². The fourth-order valence-corrected chi connectivity index (χ4v) is 9.39. The van der Waals surface area contributed by atoms with Crippen LogP contribution in [0.1, 0.15) is 0 Å². The molecule has 0 aliphatic heterocycles. The van der Waals surface area contributed by atoms with Gasteiger partial charge < -0.3 is 4.74 Å². The van der Waals surface area contributed by atoms with Crippen LogP contribution >= 0.6 is 48.8 Å². The lowest BCUT2D eigenvalue weighted by Gasteiger charge is -2.08. The molecule has 0 N–H and O–H groups in total. The summed E-state index contributed by atoms with van der Waals surface area (Å²) in [5.74, 6) is 0.888. The van der Waals surface area contributed by atoms with Crippen LogP contribution in [0.2, 0.25) is 0 Å². The molecule has 0 bridgehead atoms. The predicted octanol–water partition coefficient (Wildman–Crippen LogP) is 3.73. The first-order valence-corrected chi connectivity index (χ1v) is 10.4. The Hall–Kier alpha value is 0.930. The molecule has 13 heavy (non-hydrogen) atoms. The van der Waals surface area contributed by atoms with E-state index in [-0.39, 0.29) is 0 Å². The highest BCUT2D eigenvalue weighted by atomic mass is 33.3. The first-order chi connectivity index (χ1) is 6.27. The number of ether oxygens (including phenoxy) is 1. The molecule has 0 amide bonds. The molecule has 1 aromatic rings. The van der Waals surface area contributed by atoms with Crippen molar-refractivity contribution in [1.29, 1.82) is 0 Å². The molecular weight excluding hydrogens is 258 g/mol. The Labute approximate surface area is 95.8 Å². The van der Waals surface area contributed by atoms with E-state index in [0.717, 1.165) is 5.75 Å². The summed E-state index contributed by atoms with van der Waals surface area (Å²) in [7, 11) is 1.67. The van der Waals surface area contributed by atoms with Crippen LogP contribution in [-0.2, 0) is 0 Å². The lowest BCUT2D eigenvalue weighted by atomic mass is 10.3. The van der Waals surface area contributed by atoms with E-state index in [1.807, 2.05) is 12.1 Å². The van der Waals surface area contributed by atoms with Gasteiger partial charge >= 0.3 is 0 Å². The summed E-state index contributed by atoms with van der Waals surface area (Å²) in [6.45, 7) is 0.593. The minimum Gasteiger partial charge on any atom is -0.497 e. The SMILES string of the molecule is COc1ccc(P(S)SPS)cc1. The second kappa shape index (κ2) is 6.42. The van der Waals surface area contributed by atoms with E-state index in [4.69, 9.17) is 4.74 Å². The summed E-state index contributed by atoms with van der Waals surface area (Å²) in [6.07, 6.45) is -0.402. The number of rotatable bonds is 4. The van der Waals surface area contributed by atoms with Gasteiger partial charge in [0.2, 0.25) is 0 Å². The van der Waals surface area contributed by atoms with E-state index < -0.39 is 6.33 Å². The average Bonchev–Trinajstić information content (AvgIpc) is 2.18. The molecule has 0 radical (unpaired) electrons.